The summed E-state index contributed by atoms with van der Waals surface area (Å²) in [4.78, 5) is 2.06. The molecular formula is C16H21N3O3S. The molecule has 1 fully saturated rings. The molecule has 0 amide bonds. The van der Waals surface area contributed by atoms with Crippen LogP contribution in [-0.4, -0.2) is 58.9 Å². The highest BCUT2D eigenvalue weighted by molar-refractivity contribution is 7.91. The number of rotatable bonds is 6. The molecule has 1 saturated heterocycles. The summed E-state index contributed by atoms with van der Waals surface area (Å²) in [6.45, 7) is 1.16. The van der Waals surface area contributed by atoms with Crippen LogP contribution in [0.1, 0.15) is 12.0 Å². The molecule has 1 unspecified atom stereocenters. The predicted octanol–water partition coefficient (Wildman–Crippen LogP) is 0.854. The maximum absolute atomic E-state index is 11.7. The summed E-state index contributed by atoms with van der Waals surface area (Å²) in [5.74, 6) is 0.441. The highest BCUT2D eigenvalue weighted by Gasteiger charge is 2.31. The van der Waals surface area contributed by atoms with Gasteiger partial charge in [-0.1, -0.05) is 12.1 Å². The molecule has 1 aromatic heterocycles. The molecule has 0 bridgehead atoms. The Balaban J connectivity index is 1.70. The third kappa shape index (κ3) is 3.99. The Morgan fingerprint density at radius 1 is 1.30 bits per heavy atom. The van der Waals surface area contributed by atoms with E-state index in [0.717, 1.165) is 11.3 Å². The minimum Gasteiger partial charge on any atom is -0.395 e. The number of aromatic nitrogens is 2. The number of hydrogen-bond donors (Lipinski definition) is 1. The molecule has 2 aromatic rings. The maximum Gasteiger partial charge on any atom is 0.151 e. The zero-order valence-corrected chi connectivity index (χ0v) is 13.7. The Morgan fingerprint density at radius 2 is 2.09 bits per heavy atom. The van der Waals surface area contributed by atoms with Crippen LogP contribution in [0, 0.1) is 0 Å². The summed E-state index contributed by atoms with van der Waals surface area (Å²) in [5.41, 5.74) is 2.08. The average Bonchev–Trinajstić information content (AvgIpc) is 3.17. The van der Waals surface area contributed by atoms with Crippen LogP contribution in [0.5, 0.6) is 0 Å². The lowest BCUT2D eigenvalue weighted by Crippen LogP contribution is -2.37. The van der Waals surface area contributed by atoms with E-state index in [9.17, 15) is 13.5 Å². The van der Waals surface area contributed by atoms with Gasteiger partial charge in [-0.2, -0.15) is 5.10 Å². The fourth-order valence-electron chi connectivity index (χ4n) is 2.99. The van der Waals surface area contributed by atoms with E-state index in [1.807, 2.05) is 36.5 Å². The fraction of sp³-hybridized carbons (Fsp3) is 0.438. The van der Waals surface area contributed by atoms with E-state index in [0.29, 0.717) is 19.5 Å². The van der Waals surface area contributed by atoms with E-state index in [2.05, 4.69) is 10.00 Å². The second-order valence-corrected chi connectivity index (χ2v) is 8.10. The molecule has 1 atom stereocenters. The Morgan fingerprint density at radius 3 is 2.65 bits per heavy atom. The van der Waals surface area contributed by atoms with Crippen molar-refractivity contribution >= 4 is 9.84 Å². The van der Waals surface area contributed by atoms with E-state index < -0.39 is 9.84 Å². The van der Waals surface area contributed by atoms with E-state index in [1.54, 1.807) is 10.9 Å². The number of aliphatic hydroxyl groups is 1. The first-order chi connectivity index (χ1) is 11.1. The predicted molar refractivity (Wildman–Crippen MR) is 88.1 cm³/mol. The number of sulfone groups is 1. The van der Waals surface area contributed by atoms with Crippen molar-refractivity contribution in [3.05, 3.63) is 48.3 Å². The number of benzene rings is 1. The summed E-state index contributed by atoms with van der Waals surface area (Å²) in [6, 6.07) is 9.89. The van der Waals surface area contributed by atoms with Gasteiger partial charge in [-0.25, -0.2) is 13.1 Å². The first-order valence-corrected chi connectivity index (χ1v) is 9.54. The molecule has 1 aliphatic heterocycles. The van der Waals surface area contributed by atoms with Crippen LogP contribution >= 0.6 is 0 Å². The van der Waals surface area contributed by atoms with Crippen molar-refractivity contribution < 1.29 is 13.5 Å². The van der Waals surface area contributed by atoms with Gasteiger partial charge in [0.2, 0.25) is 0 Å². The van der Waals surface area contributed by atoms with Gasteiger partial charge < -0.3 is 5.11 Å². The Kier molecular flexibility index (Phi) is 4.79. The van der Waals surface area contributed by atoms with Gasteiger partial charge in [0.25, 0.3) is 0 Å². The molecule has 0 spiro atoms. The zero-order chi connectivity index (χ0) is 16.3. The SMILES string of the molecule is O=S1(=O)CCC(N(CCO)Cc2ccc(-n3cccn3)cc2)C1. The summed E-state index contributed by atoms with van der Waals surface area (Å²) in [6.07, 6.45) is 4.27. The van der Waals surface area contributed by atoms with Crippen LogP contribution in [0.3, 0.4) is 0 Å². The van der Waals surface area contributed by atoms with E-state index >= 15 is 0 Å². The van der Waals surface area contributed by atoms with Crippen molar-refractivity contribution in [2.75, 3.05) is 24.7 Å². The molecule has 6 nitrogen and oxygen atoms in total. The second-order valence-electron chi connectivity index (χ2n) is 5.87. The lowest BCUT2D eigenvalue weighted by molar-refractivity contribution is 0.153. The Hall–Kier alpha value is -1.70. The lowest BCUT2D eigenvalue weighted by atomic mass is 10.1. The number of hydrogen-bond acceptors (Lipinski definition) is 5. The Labute approximate surface area is 136 Å². The van der Waals surface area contributed by atoms with Crippen LogP contribution < -0.4 is 0 Å². The van der Waals surface area contributed by atoms with E-state index in [1.165, 1.54) is 0 Å². The normalized spacial score (nSPS) is 20.2. The van der Waals surface area contributed by atoms with Crippen molar-refractivity contribution in [1.29, 1.82) is 0 Å². The summed E-state index contributed by atoms with van der Waals surface area (Å²) in [5, 5.41) is 13.5. The monoisotopic (exact) mass is 335 g/mol. The van der Waals surface area contributed by atoms with Gasteiger partial charge in [0, 0.05) is 31.5 Å². The Bertz CT molecular complexity index is 726. The fourth-order valence-corrected chi connectivity index (χ4v) is 4.75. The molecule has 0 radical (unpaired) electrons. The molecule has 0 saturated carbocycles. The molecule has 1 aromatic carbocycles. The minimum absolute atomic E-state index is 0.00191. The highest BCUT2D eigenvalue weighted by atomic mass is 32.2. The van der Waals surface area contributed by atoms with Crippen molar-refractivity contribution in [2.24, 2.45) is 0 Å². The van der Waals surface area contributed by atoms with Gasteiger partial charge in [0.15, 0.2) is 9.84 Å². The summed E-state index contributed by atoms with van der Waals surface area (Å²) >= 11 is 0. The first kappa shape index (κ1) is 16.2. The second kappa shape index (κ2) is 6.82. The minimum atomic E-state index is -2.92. The van der Waals surface area contributed by atoms with Crippen LogP contribution in [0.4, 0.5) is 0 Å². The van der Waals surface area contributed by atoms with Gasteiger partial charge in [-0.05, 0) is 30.2 Å². The molecule has 7 heteroatoms. The molecule has 1 aliphatic rings. The van der Waals surface area contributed by atoms with Gasteiger partial charge in [-0.3, -0.25) is 4.90 Å². The third-order valence-electron chi connectivity index (χ3n) is 4.20. The molecule has 0 aliphatic carbocycles. The molecule has 23 heavy (non-hydrogen) atoms. The van der Waals surface area contributed by atoms with Crippen LogP contribution in [0.15, 0.2) is 42.7 Å². The number of aliphatic hydroxyl groups excluding tert-OH is 1. The smallest absolute Gasteiger partial charge is 0.151 e. The third-order valence-corrected chi connectivity index (χ3v) is 5.95. The van der Waals surface area contributed by atoms with Crippen LogP contribution in [0.2, 0.25) is 0 Å². The van der Waals surface area contributed by atoms with Crippen LogP contribution in [-0.2, 0) is 16.4 Å². The van der Waals surface area contributed by atoms with Crippen LogP contribution in [0.25, 0.3) is 5.69 Å². The molecule has 2 heterocycles. The lowest BCUT2D eigenvalue weighted by Gasteiger charge is -2.27. The van der Waals surface area contributed by atoms with Crippen molar-refractivity contribution in [3.8, 4) is 5.69 Å². The standard InChI is InChI=1S/C16H21N3O3S/c20-10-9-18(16-6-11-23(21,22)13-16)12-14-2-4-15(5-3-14)19-8-1-7-17-19/h1-5,7-8,16,20H,6,9-13H2. The highest BCUT2D eigenvalue weighted by Crippen LogP contribution is 2.20. The van der Waals surface area contributed by atoms with Crippen molar-refractivity contribution in [3.63, 3.8) is 0 Å². The molecule has 1 N–H and O–H groups in total. The molecule has 3 rings (SSSR count). The largest absolute Gasteiger partial charge is 0.395 e. The van der Waals surface area contributed by atoms with E-state index in [4.69, 9.17) is 0 Å². The summed E-state index contributed by atoms with van der Waals surface area (Å²) in [7, 11) is -2.92. The summed E-state index contributed by atoms with van der Waals surface area (Å²) < 4.78 is 25.1. The van der Waals surface area contributed by atoms with E-state index in [-0.39, 0.29) is 24.2 Å². The number of nitrogens with zero attached hydrogens (tertiary/aromatic N) is 3. The quantitative estimate of drug-likeness (QED) is 0.847. The topological polar surface area (TPSA) is 75.4 Å². The molecule has 124 valence electrons. The first-order valence-electron chi connectivity index (χ1n) is 7.72. The zero-order valence-electron chi connectivity index (χ0n) is 12.9. The average molecular weight is 335 g/mol. The van der Waals surface area contributed by atoms with Crippen molar-refractivity contribution in [2.45, 2.75) is 19.0 Å². The van der Waals surface area contributed by atoms with Crippen molar-refractivity contribution in [1.82, 2.24) is 14.7 Å². The van der Waals surface area contributed by atoms with Gasteiger partial charge in [0.1, 0.15) is 0 Å². The maximum atomic E-state index is 11.7. The van der Waals surface area contributed by atoms with Gasteiger partial charge >= 0.3 is 0 Å². The molecular weight excluding hydrogens is 314 g/mol. The van der Waals surface area contributed by atoms with Gasteiger partial charge in [-0.15, -0.1) is 0 Å². The van der Waals surface area contributed by atoms with Gasteiger partial charge in [0.05, 0.1) is 23.8 Å².